The Bertz CT molecular complexity index is 803. The molecule has 0 aliphatic rings. The van der Waals surface area contributed by atoms with E-state index >= 15 is 0 Å². The van der Waals surface area contributed by atoms with Gasteiger partial charge in [0, 0.05) is 0 Å². The number of ether oxygens (including phenoxy) is 2. The van der Waals surface area contributed by atoms with Crippen molar-refractivity contribution in [3.63, 3.8) is 0 Å². The largest absolute Gasteiger partial charge is 0.497 e. The van der Waals surface area contributed by atoms with Gasteiger partial charge in [-0.15, -0.1) is 0 Å². The van der Waals surface area contributed by atoms with Crippen molar-refractivity contribution < 1.29 is 23.9 Å². The number of hydrogen-bond acceptors (Lipinski definition) is 5. The van der Waals surface area contributed by atoms with Crippen molar-refractivity contribution in [2.75, 3.05) is 20.3 Å². The summed E-state index contributed by atoms with van der Waals surface area (Å²) in [6.45, 7) is 0.954. The molecule has 7 heteroatoms. The average Bonchev–Trinajstić information content (AvgIpc) is 2.62. The predicted octanol–water partition coefficient (Wildman–Crippen LogP) is 1.10. The Kier molecular flexibility index (Phi) is 5.94. The number of benzene rings is 2. The second-order valence-corrected chi connectivity index (χ2v) is 5.54. The van der Waals surface area contributed by atoms with E-state index in [1.807, 2.05) is 36.4 Å². The van der Waals surface area contributed by atoms with Gasteiger partial charge in [-0.2, -0.15) is 0 Å². The van der Waals surface area contributed by atoms with Gasteiger partial charge in [0.25, 0.3) is 5.91 Å². The van der Waals surface area contributed by atoms with E-state index in [0.29, 0.717) is 0 Å². The second kappa shape index (κ2) is 8.14. The number of fused-ring (bicyclic) bond motifs is 1. The fourth-order valence-corrected chi connectivity index (χ4v) is 2.27. The first-order chi connectivity index (χ1) is 11.9. The third-order valence-corrected chi connectivity index (χ3v) is 3.73. The lowest BCUT2D eigenvalue weighted by atomic mass is 9.98. The van der Waals surface area contributed by atoms with Crippen molar-refractivity contribution in [3.8, 4) is 5.75 Å². The van der Waals surface area contributed by atoms with Crippen molar-refractivity contribution >= 4 is 28.6 Å². The number of nitrogens with one attached hydrogen (secondary N) is 1. The molecule has 2 aromatic carbocycles. The van der Waals surface area contributed by atoms with Crippen LogP contribution in [0.15, 0.2) is 36.4 Å². The lowest BCUT2D eigenvalue weighted by Crippen LogP contribution is -2.36. The number of nitrogens with two attached hydrogens (primary N) is 1. The van der Waals surface area contributed by atoms with Crippen LogP contribution in [-0.2, 0) is 19.1 Å². The molecule has 0 heterocycles. The van der Waals surface area contributed by atoms with Gasteiger partial charge in [-0.05, 0) is 35.4 Å². The van der Waals surface area contributed by atoms with Crippen molar-refractivity contribution in [3.05, 3.63) is 42.0 Å². The number of carbonyl (C=O) groups excluding carboxylic acids is 3. The quantitative estimate of drug-likeness (QED) is 0.731. The fraction of sp³-hybridized carbons (Fsp3) is 0.278. The van der Waals surface area contributed by atoms with Crippen molar-refractivity contribution in [2.24, 2.45) is 5.73 Å². The smallest absolute Gasteiger partial charge is 0.313 e. The van der Waals surface area contributed by atoms with Gasteiger partial charge in [-0.3, -0.25) is 14.4 Å². The summed E-state index contributed by atoms with van der Waals surface area (Å²) in [6, 6.07) is 11.3. The molecular weight excluding hydrogens is 324 g/mol. The molecule has 3 N–H and O–H groups in total. The number of rotatable bonds is 7. The molecule has 0 saturated carbocycles. The number of esters is 1. The maximum atomic E-state index is 12.1. The Hall–Kier alpha value is -3.09. The molecule has 0 radical (unpaired) electrons. The molecule has 2 rings (SSSR count). The molecule has 7 nitrogen and oxygen atoms in total. The van der Waals surface area contributed by atoms with Gasteiger partial charge in [-0.1, -0.05) is 24.3 Å². The minimum Gasteiger partial charge on any atom is -0.497 e. The summed E-state index contributed by atoms with van der Waals surface area (Å²) < 4.78 is 10.2. The van der Waals surface area contributed by atoms with Gasteiger partial charge in [0.1, 0.15) is 5.75 Å². The predicted molar refractivity (Wildman–Crippen MR) is 92.1 cm³/mol. The molecule has 132 valence electrons. The molecule has 0 aliphatic heterocycles. The normalized spacial score (nSPS) is 11.6. The molecule has 0 fully saturated rings. The van der Waals surface area contributed by atoms with Gasteiger partial charge in [0.05, 0.1) is 19.6 Å². The lowest BCUT2D eigenvalue weighted by Gasteiger charge is -2.13. The minimum atomic E-state index is -0.666. The summed E-state index contributed by atoms with van der Waals surface area (Å²) in [6.07, 6.45) is 0. The van der Waals surface area contributed by atoms with Crippen LogP contribution in [0.1, 0.15) is 18.4 Å². The number of carbonyl (C=O) groups is 3. The SMILES string of the molecule is COc1ccc2cc([C@H](C)C(=O)OCC(=O)NCC(N)=O)ccc2c1. The highest BCUT2D eigenvalue weighted by atomic mass is 16.5. The van der Waals surface area contributed by atoms with Crippen LogP contribution in [0.4, 0.5) is 0 Å². The van der Waals surface area contributed by atoms with Crippen LogP contribution in [0.5, 0.6) is 5.75 Å². The number of amides is 2. The van der Waals surface area contributed by atoms with Gasteiger partial charge < -0.3 is 20.5 Å². The average molecular weight is 344 g/mol. The standard InChI is InChI=1S/C18H20N2O5/c1-11(18(23)25-10-17(22)20-9-16(19)21)12-3-4-14-8-15(24-2)6-5-13(14)7-12/h3-8,11H,9-10H2,1-2H3,(H2,19,21)(H,20,22)/t11-/m0/s1. The monoisotopic (exact) mass is 344 g/mol. The molecular formula is C18H20N2O5. The summed E-state index contributed by atoms with van der Waals surface area (Å²) in [5.41, 5.74) is 5.69. The van der Waals surface area contributed by atoms with E-state index in [9.17, 15) is 14.4 Å². The summed E-state index contributed by atoms with van der Waals surface area (Å²) in [7, 11) is 1.60. The molecule has 0 aromatic heterocycles. The van der Waals surface area contributed by atoms with E-state index in [2.05, 4.69) is 5.32 Å². The minimum absolute atomic E-state index is 0.292. The molecule has 0 unspecified atom stereocenters. The zero-order chi connectivity index (χ0) is 18.4. The summed E-state index contributed by atoms with van der Waals surface area (Å²) >= 11 is 0. The van der Waals surface area contributed by atoms with Gasteiger partial charge in [-0.25, -0.2) is 0 Å². The molecule has 0 aliphatic carbocycles. The molecule has 1 atom stereocenters. The third-order valence-electron chi connectivity index (χ3n) is 3.73. The van der Waals surface area contributed by atoms with E-state index in [1.165, 1.54) is 0 Å². The Morgan fingerprint density at radius 2 is 1.80 bits per heavy atom. The first-order valence-corrected chi connectivity index (χ1v) is 7.70. The zero-order valence-corrected chi connectivity index (χ0v) is 14.1. The van der Waals surface area contributed by atoms with Gasteiger partial charge >= 0.3 is 5.97 Å². The van der Waals surface area contributed by atoms with E-state index in [0.717, 1.165) is 22.1 Å². The highest BCUT2D eigenvalue weighted by Gasteiger charge is 2.18. The summed E-state index contributed by atoms with van der Waals surface area (Å²) in [4.78, 5) is 34.1. The van der Waals surface area contributed by atoms with Crippen molar-refractivity contribution in [2.45, 2.75) is 12.8 Å². The second-order valence-electron chi connectivity index (χ2n) is 5.54. The molecule has 0 spiro atoms. The Morgan fingerprint density at radius 1 is 1.12 bits per heavy atom. The molecule has 0 saturated heterocycles. The highest BCUT2D eigenvalue weighted by Crippen LogP contribution is 2.25. The van der Waals surface area contributed by atoms with Crippen LogP contribution in [0, 0.1) is 0 Å². The van der Waals surface area contributed by atoms with E-state index in [-0.39, 0.29) is 6.54 Å². The van der Waals surface area contributed by atoms with E-state index < -0.39 is 30.3 Å². The number of methoxy groups -OCH3 is 1. The first kappa shape index (κ1) is 18.3. The Morgan fingerprint density at radius 3 is 2.48 bits per heavy atom. The van der Waals surface area contributed by atoms with E-state index in [1.54, 1.807) is 14.0 Å². The van der Waals surface area contributed by atoms with Gasteiger partial charge in [0.15, 0.2) is 6.61 Å². The molecule has 25 heavy (non-hydrogen) atoms. The summed E-state index contributed by atoms with van der Waals surface area (Å²) in [5, 5.41) is 4.21. The maximum absolute atomic E-state index is 12.1. The Labute approximate surface area is 145 Å². The van der Waals surface area contributed by atoms with Crippen LogP contribution in [-0.4, -0.2) is 38.0 Å². The van der Waals surface area contributed by atoms with Crippen LogP contribution < -0.4 is 15.8 Å². The highest BCUT2D eigenvalue weighted by molar-refractivity contribution is 5.88. The van der Waals surface area contributed by atoms with Crippen LogP contribution in [0.3, 0.4) is 0 Å². The van der Waals surface area contributed by atoms with Crippen LogP contribution in [0.2, 0.25) is 0 Å². The van der Waals surface area contributed by atoms with Gasteiger partial charge in [0.2, 0.25) is 5.91 Å². The zero-order valence-electron chi connectivity index (χ0n) is 14.1. The summed E-state index contributed by atoms with van der Waals surface area (Å²) in [5.74, 6) is -1.54. The fourth-order valence-electron chi connectivity index (χ4n) is 2.27. The van der Waals surface area contributed by atoms with E-state index in [4.69, 9.17) is 15.2 Å². The topological polar surface area (TPSA) is 108 Å². The molecule has 2 amide bonds. The first-order valence-electron chi connectivity index (χ1n) is 7.70. The number of primary amides is 1. The molecule has 0 bridgehead atoms. The number of hydrogen-bond donors (Lipinski definition) is 2. The lowest BCUT2D eigenvalue weighted by molar-refractivity contribution is -0.149. The molecule has 2 aromatic rings. The third kappa shape index (κ3) is 4.94. The van der Waals surface area contributed by atoms with Crippen molar-refractivity contribution in [1.29, 1.82) is 0 Å². The Balaban J connectivity index is 2.00. The van der Waals surface area contributed by atoms with Crippen LogP contribution >= 0.6 is 0 Å². The van der Waals surface area contributed by atoms with Crippen molar-refractivity contribution in [1.82, 2.24) is 5.32 Å². The van der Waals surface area contributed by atoms with Crippen LogP contribution in [0.25, 0.3) is 10.8 Å². The maximum Gasteiger partial charge on any atom is 0.313 e.